The molecule has 1 aromatic heterocycles. The van der Waals surface area contributed by atoms with E-state index in [4.69, 9.17) is 4.74 Å². The zero-order valence-corrected chi connectivity index (χ0v) is 24.8. The molecule has 0 aliphatic carbocycles. The predicted molar refractivity (Wildman–Crippen MR) is 166 cm³/mol. The van der Waals surface area contributed by atoms with E-state index in [1.165, 1.54) is 0 Å². The normalized spacial score (nSPS) is 10.7. The third kappa shape index (κ3) is 8.07. The molecule has 0 atom stereocenters. The van der Waals surface area contributed by atoms with Crippen molar-refractivity contribution in [2.24, 2.45) is 0 Å². The van der Waals surface area contributed by atoms with Crippen LogP contribution in [-0.2, 0) is 17.8 Å². The third-order valence-electron chi connectivity index (χ3n) is 7.10. The molecule has 2 amide bonds. The van der Waals surface area contributed by atoms with Crippen molar-refractivity contribution in [2.45, 2.75) is 33.2 Å². The number of carboxylic acid groups (broad SMARTS) is 1. The van der Waals surface area contributed by atoms with Crippen molar-refractivity contribution >= 4 is 17.8 Å². The van der Waals surface area contributed by atoms with Gasteiger partial charge in [0.15, 0.2) is 0 Å². The van der Waals surface area contributed by atoms with E-state index in [9.17, 15) is 19.5 Å². The lowest BCUT2D eigenvalue weighted by atomic mass is 9.94. The zero-order valence-electron chi connectivity index (χ0n) is 24.8. The highest BCUT2D eigenvalue weighted by Gasteiger charge is 2.24. The van der Waals surface area contributed by atoms with Gasteiger partial charge in [0.25, 0.3) is 11.8 Å². The van der Waals surface area contributed by atoms with E-state index in [2.05, 4.69) is 4.98 Å². The van der Waals surface area contributed by atoms with Crippen molar-refractivity contribution in [3.8, 4) is 16.9 Å². The molecule has 0 unspecified atom stereocenters. The molecule has 4 aromatic rings. The summed E-state index contributed by atoms with van der Waals surface area (Å²) < 4.78 is 5.75. The number of hydrogen-bond donors (Lipinski definition) is 1. The van der Waals surface area contributed by atoms with Gasteiger partial charge < -0.3 is 19.6 Å². The Morgan fingerprint density at radius 3 is 2.07 bits per heavy atom. The maximum absolute atomic E-state index is 14.1. The van der Waals surface area contributed by atoms with Gasteiger partial charge in [0.2, 0.25) is 0 Å². The Labute approximate surface area is 252 Å². The molecule has 0 aliphatic rings. The minimum atomic E-state index is -0.983. The highest BCUT2D eigenvalue weighted by Crippen LogP contribution is 2.30. The summed E-state index contributed by atoms with van der Waals surface area (Å²) in [6.45, 7) is 5.02. The monoisotopic (exact) mass is 579 g/mol. The van der Waals surface area contributed by atoms with Crippen molar-refractivity contribution < 1.29 is 24.2 Å². The number of carbonyl (C=O) groups is 3. The number of aryl methyl sites for hydroxylation is 1. The van der Waals surface area contributed by atoms with Crippen LogP contribution in [0.4, 0.5) is 0 Å². The van der Waals surface area contributed by atoms with Gasteiger partial charge >= 0.3 is 5.97 Å². The lowest BCUT2D eigenvalue weighted by Crippen LogP contribution is -2.35. The van der Waals surface area contributed by atoms with Crippen LogP contribution in [0.25, 0.3) is 11.1 Å². The molecule has 222 valence electrons. The molecule has 0 radical (unpaired) electrons. The second-order valence-corrected chi connectivity index (χ2v) is 10.2. The SMILES string of the molecule is CCOc1ccccc1CCN(CCC(=O)O)C(=O)c1ccccc1-c1ccccc1C(=O)N(C)Cc1cccc(C)n1. The topological polar surface area (TPSA) is 100 Å². The number of rotatable bonds is 13. The van der Waals surface area contributed by atoms with E-state index in [0.717, 1.165) is 22.7 Å². The maximum Gasteiger partial charge on any atom is 0.305 e. The molecule has 0 saturated carbocycles. The Kier molecular flexibility index (Phi) is 10.6. The quantitative estimate of drug-likeness (QED) is 0.212. The highest BCUT2D eigenvalue weighted by molar-refractivity contribution is 6.06. The van der Waals surface area contributed by atoms with E-state index in [1.54, 1.807) is 41.1 Å². The highest BCUT2D eigenvalue weighted by atomic mass is 16.5. The Hall–Kier alpha value is -4.98. The molecule has 0 spiro atoms. The van der Waals surface area contributed by atoms with Gasteiger partial charge in [-0.15, -0.1) is 0 Å². The fraction of sp³-hybridized carbons (Fsp3) is 0.257. The number of aromatic nitrogens is 1. The van der Waals surface area contributed by atoms with Crippen LogP contribution in [0.3, 0.4) is 0 Å². The van der Waals surface area contributed by atoms with Crippen LogP contribution in [0.5, 0.6) is 5.75 Å². The number of nitrogens with zero attached hydrogens (tertiary/aromatic N) is 3. The Morgan fingerprint density at radius 2 is 1.42 bits per heavy atom. The van der Waals surface area contributed by atoms with Crippen molar-refractivity contribution in [3.63, 3.8) is 0 Å². The average Bonchev–Trinajstić information content (AvgIpc) is 3.01. The van der Waals surface area contributed by atoms with Crippen LogP contribution in [-0.4, -0.2) is 64.4 Å². The summed E-state index contributed by atoms with van der Waals surface area (Å²) in [4.78, 5) is 46.9. The summed E-state index contributed by atoms with van der Waals surface area (Å²) in [5.41, 5.74) is 4.68. The van der Waals surface area contributed by atoms with Crippen LogP contribution in [0.15, 0.2) is 91.0 Å². The largest absolute Gasteiger partial charge is 0.494 e. The van der Waals surface area contributed by atoms with Gasteiger partial charge in [-0.3, -0.25) is 19.4 Å². The van der Waals surface area contributed by atoms with Gasteiger partial charge in [-0.1, -0.05) is 60.7 Å². The van der Waals surface area contributed by atoms with Crippen LogP contribution in [0, 0.1) is 6.92 Å². The van der Waals surface area contributed by atoms with Gasteiger partial charge in [0.05, 0.1) is 25.3 Å². The van der Waals surface area contributed by atoms with E-state index in [0.29, 0.717) is 48.4 Å². The molecular formula is C35H37N3O5. The first-order valence-corrected chi connectivity index (χ1v) is 14.4. The molecule has 0 fully saturated rings. The number of hydrogen-bond acceptors (Lipinski definition) is 5. The Bertz CT molecular complexity index is 1590. The van der Waals surface area contributed by atoms with E-state index < -0.39 is 5.97 Å². The first-order valence-electron chi connectivity index (χ1n) is 14.4. The molecule has 3 aromatic carbocycles. The summed E-state index contributed by atoms with van der Waals surface area (Å²) in [6, 6.07) is 27.7. The number of benzene rings is 3. The molecule has 4 rings (SSSR count). The van der Waals surface area contributed by atoms with Gasteiger partial charge in [-0.05, 0) is 67.3 Å². The minimum Gasteiger partial charge on any atom is -0.494 e. The number of aliphatic carboxylic acids is 1. The van der Waals surface area contributed by atoms with Crippen molar-refractivity contribution in [1.82, 2.24) is 14.8 Å². The zero-order chi connectivity index (χ0) is 30.8. The van der Waals surface area contributed by atoms with Crippen molar-refractivity contribution in [1.29, 1.82) is 0 Å². The van der Waals surface area contributed by atoms with E-state index in [1.807, 2.05) is 80.6 Å². The summed E-state index contributed by atoms with van der Waals surface area (Å²) in [5, 5.41) is 9.41. The molecule has 43 heavy (non-hydrogen) atoms. The molecule has 0 saturated heterocycles. The Balaban J connectivity index is 1.64. The maximum atomic E-state index is 14.1. The standard InChI is InChI=1S/C35H37N3O5/c1-4-43-32-19-10-5-13-26(32)20-22-38(23-21-33(39)40)35(42)31-18-9-7-16-29(31)28-15-6-8-17-30(28)34(41)37(3)24-27-14-11-12-25(2)36-27/h5-19H,4,20-24H2,1-3H3,(H,39,40). The number of amides is 2. The van der Waals surface area contributed by atoms with Crippen molar-refractivity contribution in [3.05, 3.63) is 119 Å². The molecule has 8 nitrogen and oxygen atoms in total. The second kappa shape index (κ2) is 14.8. The van der Waals surface area contributed by atoms with Crippen LogP contribution in [0.2, 0.25) is 0 Å². The molecule has 1 N–H and O–H groups in total. The molecule has 8 heteroatoms. The number of pyridine rings is 1. The summed E-state index contributed by atoms with van der Waals surface area (Å²) in [6.07, 6.45) is 0.310. The summed E-state index contributed by atoms with van der Waals surface area (Å²) >= 11 is 0. The van der Waals surface area contributed by atoms with Gasteiger partial charge in [0.1, 0.15) is 5.75 Å². The fourth-order valence-corrected chi connectivity index (χ4v) is 4.99. The molecule has 0 bridgehead atoms. The van der Waals surface area contributed by atoms with Gasteiger partial charge in [-0.25, -0.2) is 0 Å². The number of ether oxygens (including phenoxy) is 1. The third-order valence-corrected chi connectivity index (χ3v) is 7.10. The van der Waals surface area contributed by atoms with Crippen LogP contribution >= 0.6 is 0 Å². The van der Waals surface area contributed by atoms with Crippen LogP contribution < -0.4 is 4.74 Å². The predicted octanol–water partition coefficient (Wildman–Crippen LogP) is 5.89. The average molecular weight is 580 g/mol. The van der Waals surface area contributed by atoms with Gasteiger partial charge in [-0.2, -0.15) is 0 Å². The first-order chi connectivity index (χ1) is 20.8. The van der Waals surface area contributed by atoms with Gasteiger partial charge in [0, 0.05) is 37.0 Å². The summed E-state index contributed by atoms with van der Waals surface area (Å²) in [7, 11) is 1.73. The molecule has 0 aliphatic heterocycles. The lowest BCUT2D eigenvalue weighted by Gasteiger charge is -2.25. The second-order valence-electron chi connectivity index (χ2n) is 10.2. The first kappa shape index (κ1) is 31.0. The molecular weight excluding hydrogens is 542 g/mol. The van der Waals surface area contributed by atoms with E-state index >= 15 is 0 Å². The van der Waals surface area contributed by atoms with E-state index in [-0.39, 0.29) is 24.8 Å². The fourth-order valence-electron chi connectivity index (χ4n) is 4.99. The van der Waals surface area contributed by atoms with Crippen LogP contribution in [0.1, 0.15) is 51.0 Å². The smallest absolute Gasteiger partial charge is 0.305 e. The Morgan fingerprint density at radius 1 is 0.791 bits per heavy atom. The minimum absolute atomic E-state index is 0.0477. The number of carboxylic acids is 1. The number of para-hydroxylation sites is 1. The molecule has 1 heterocycles. The number of carbonyl (C=O) groups excluding carboxylic acids is 2. The lowest BCUT2D eigenvalue weighted by molar-refractivity contribution is -0.137. The summed E-state index contributed by atoms with van der Waals surface area (Å²) in [5.74, 6) is -0.738. The van der Waals surface area contributed by atoms with Crippen molar-refractivity contribution in [2.75, 3.05) is 26.7 Å².